The third-order valence-electron chi connectivity index (χ3n) is 4.18. The van der Waals surface area contributed by atoms with Gasteiger partial charge in [-0.15, -0.1) is 0 Å². The highest BCUT2D eigenvalue weighted by Gasteiger charge is 2.29. The molecule has 0 unspecified atom stereocenters. The van der Waals surface area contributed by atoms with Gasteiger partial charge in [-0.05, 0) is 31.0 Å². The first-order valence-electron chi connectivity index (χ1n) is 7.88. The zero-order chi connectivity index (χ0) is 16.9. The van der Waals surface area contributed by atoms with Crippen molar-refractivity contribution in [3.8, 4) is 0 Å². The maximum absolute atomic E-state index is 12.2. The molecule has 24 heavy (non-hydrogen) atoms. The topological polar surface area (TPSA) is 59.8 Å². The molecule has 0 atom stereocenters. The number of ether oxygens (including phenoxy) is 1. The van der Waals surface area contributed by atoms with Crippen molar-refractivity contribution >= 4 is 23.5 Å². The van der Waals surface area contributed by atoms with E-state index in [-0.39, 0.29) is 24.4 Å². The van der Waals surface area contributed by atoms with Crippen LogP contribution in [0.3, 0.4) is 0 Å². The quantitative estimate of drug-likeness (QED) is 0.794. The Balaban J connectivity index is 1.48. The van der Waals surface area contributed by atoms with Crippen LogP contribution in [0.25, 0.3) is 0 Å². The Morgan fingerprint density at radius 2 is 1.92 bits per heavy atom. The van der Waals surface area contributed by atoms with E-state index in [1.165, 1.54) is 6.26 Å². The summed E-state index contributed by atoms with van der Waals surface area (Å²) in [5.74, 6) is -0.231. The van der Waals surface area contributed by atoms with Gasteiger partial charge in [0.05, 0.1) is 12.2 Å². The maximum Gasteiger partial charge on any atom is 0.309 e. The minimum Gasteiger partial charge on any atom is -0.461 e. The van der Waals surface area contributed by atoms with Crippen molar-refractivity contribution in [1.29, 1.82) is 0 Å². The molecular formula is C18H18ClNO4. The van der Waals surface area contributed by atoms with Crippen LogP contribution in [0.4, 0.5) is 0 Å². The zero-order valence-corrected chi connectivity index (χ0v) is 13.9. The van der Waals surface area contributed by atoms with Crippen LogP contribution in [0.5, 0.6) is 0 Å². The molecule has 1 amide bonds. The molecule has 1 saturated heterocycles. The van der Waals surface area contributed by atoms with Gasteiger partial charge in [0.15, 0.2) is 5.76 Å². The largest absolute Gasteiger partial charge is 0.461 e. The van der Waals surface area contributed by atoms with Gasteiger partial charge in [0.2, 0.25) is 0 Å². The van der Waals surface area contributed by atoms with Gasteiger partial charge in [0.1, 0.15) is 6.61 Å². The number of amides is 1. The number of rotatable bonds is 4. The van der Waals surface area contributed by atoms with Crippen LogP contribution in [0.15, 0.2) is 47.1 Å². The summed E-state index contributed by atoms with van der Waals surface area (Å²) in [4.78, 5) is 26.1. The van der Waals surface area contributed by atoms with Crippen LogP contribution in [0.2, 0.25) is 5.02 Å². The van der Waals surface area contributed by atoms with E-state index >= 15 is 0 Å². The number of halogens is 1. The molecule has 2 aromatic rings. The summed E-state index contributed by atoms with van der Waals surface area (Å²) in [6, 6.07) is 10.6. The molecule has 3 rings (SSSR count). The summed E-state index contributed by atoms with van der Waals surface area (Å²) in [6.07, 6.45) is 2.66. The van der Waals surface area contributed by atoms with Crippen LogP contribution < -0.4 is 0 Å². The van der Waals surface area contributed by atoms with Gasteiger partial charge in [-0.25, -0.2) is 0 Å². The summed E-state index contributed by atoms with van der Waals surface area (Å²) in [6.45, 7) is 1.21. The van der Waals surface area contributed by atoms with Gasteiger partial charge in [0.25, 0.3) is 5.91 Å². The van der Waals surface area contributed by atoms with Crippen LogP contribution in [-0.4, -0.2) is 29.9 Å². The Morgan fingerprint density at radius 3 is 2.58 bits per heavy atom. The fraction of sp³-hybridized carbons (Fsp3) is 0.333. The molecule has 1 aliphatic heterocycles. The van der Waals surface area contributed by atoms with E-state index in [1.54, 1.807) is 23.1 Å². The van der Waals surface area contributed by atoms with E-state index in [1.807, 2.05) is 18.2 Å². The minimum atomic E-state index is -0.236. The van der Waals surface area contributed by atoms with Crippen molar-refractivity contribution in [2.24, 2.45) is 5.92 Å². The Labute approximate surface area is 145 Å². The number of hydrogen-bond donors (Lipinski definition) is 0. The molecule has 0 radical (unpaired) electrons. The molecule has 1 aliphatic rings. The number of esters is 1. The third-order valence-corrected chi connectivity index (χ3v) is 4.54. The Kier molecular flexibility index (Phi) is 5.20. The Morgan fingerprint density at radius 1 is 1.17 bits per heavy atom. The van der Waals surface area contributed by atoms with E-state index in [9.17, 15) is 9.59 Å². The third kappa shape index (κ3) is 3.79. The molecular weight excluding hydrogens is 330 g/mol. The highest BCUT2D eigenvalue weighted by molar-refractivity contribution is 6.31. The molecule has 0 saturated carbocycles. The number of benzene rings is 1. The fourth-order valence-electron chi connectivity index (χ4n) is 2.76. The smallest absolute Gasteiger partial charge is 0.309 e. The van der Waals surface area contributed by atoms with E-state index in [0.29, 0.717) is 36.7 Å². The predicted molar refractivity (Wildman–Crippen MR) is 88.6 cm³/mol. The van der Waals surface area contributed by atoms with Gasteiger partial charge < -0.3 is 14.1 Å². The SMILES string of the molecule is O=C(OCc1ccccc1Cl)C1CCN(C(=O)c2ccco2)CC1. The molecule has 6 heteroatoms. The molecule has 2 heterocycles. The monoisotopic (exact) mass is 347 g/mol. The molecule has 0 bridgehead atoms. The van der Waals surface area contributed by atoms with Gasteiger partial charge in [-0.3, -0.25) is 9.59 Å². The van der Waals surface area contributed by atoms with Crippen molar-refractivity contribution in [2.75, 3.05) is 13.1 Å². The van der Waals surface area contributed by atoms with Gasteiger partial charge in [-0.2, -0.15) is 0 Å². The second-order valence-electron chi connectivity index (χ2n) is 5.74. The maximum atomic E-state index is 12.2. The average molecular weight is 348 g/mol. The standard InChI is InChI=1S/C18H18ClNO4/c19-15-5-2-1-4-14(15)12-24-18(22)13-7-9-20(10-8-13)17(21)16-6-3-11-23-16/h1-6,11,13H,7-10,12H2. The van der Waals surface area contributed by atoms with Crippen LogP contribution >= 0.6 is 11.6 Å². The van der Waals surface area contributed by atoms with Crippen molar-refractivity contribution in [1.82, 2.24) is 4.90 Å². The first-order valence-corrected chi connectivity index (χ1v) is 8.26. The first kappa shape index (κ1) is 16.6. The van der Waals surface area contributed by atoms with Crippen molar-refractivity contribution in [3.05, 3.63) is 59.0 Å². The fourth-order valence-corrected chi connectivity index (χ4v) is 2.95. The summed E-state index contributed by atoms with van der Waals surface area (Å²) >= 11 is 6.05. The summed E-state index contributed by atoms with van der Waals surface area (Å²) < 4.78 is 10.5. The van der Waals surface area contributed by atoms with Crippen molar-refractivity contribution in [3.63, 3.8) is 0 Å². The zero-order valence-electron chi connectivity index (χ0n) is 13.1. The van der Waals surface area contributed by atoms with E-state index in [4.69, 9.17) is 20.8 Å². The number of piperidine rings is 1. The van der Waals surface area contributed by atoms with Crippen LogP contribution in [0.1, 0.15) is 29.0 Å². The lowest BCUT2D eigenvalue weighted by Crippen LogP contribution is -2.40. The average Bonchev–Trinajstić information content (AvgIpc) is 3.15. The summed E-state index contributed by atoms with van der Waals surface area (Å²) in [5, 5.41) is 0.587. The van der Waals surface area contributed by atoms with Gasteiger partial charge >= 0.3 is 5.97 Å². The lowest BCUT2D eigenvalue weighted by Gasteiger charge is -2.30. The first-order chi connectivity index (χ1) is 11.6. The number of nitrogens with zero attached hydrogens (tertiary/aromatic N) is 1. The second-order valence-corrected chi connectivity index (χ2v) is 6.15. The highest BCUT2D eigenvalue weighted by Crippen LogP contribution is 2.22. The van der Waals surface area contributed by atoms with E-state index in [2.05, 4.69) is 0 Å². The van der Waals surface area contributed by atoms with E-state index in [0.717, 1.165) is 5.56 Å². The number of furan rings is 1. The van der Waals surface area contributed by atoms with Crippen LogP contribution in [0, 0.1) is 5.92 Å². The molecule has 1 aromatic carbocycles. The van der Waals surface area contributed by atoms with Gasteiger partial charge in [-0.1, -0.05) is 29.8 Å². The highest BCUT2D eigenvalue weighted by atomic mass is 35.5. The minimum absolute atomic E-state index is 0.136. The number of carbonyl (C=O) groups is 2. The summed E-state index contributed by atoms with van der Waals surface area (Å²) in [7, 11) is 0. The second kappa shape index (κ2) is 7.53. The predicted octanol–water partition coefficient (Wildman–Crippen LogP) is 3.53. The lowest BCUT2D eigenvalue weighted by molar-refractivity contribution is -0.151. The number of likely N-dealkylation sites (tertiary alicyclic amines) is 1. The Hall–Kier alpha value is -2.27. The lowest BCUT2D eigenvalue weighted by atomic mass is 9.97. The summed E-state index contributed by atoms with van der Waals surface area (Å²) in [5.41, 5.74) is 0.790. The molecule has 0 N–H and O–H groups in total. The molecule has 126 valence electrons. The molecule has 5 nitrogen and oxygen atoms in total. The number of hydrogen-bond acceptors (Lipinski definition) is 4. The molecule has 1 aromatic heterocycles. The van der Waals surface area contributed by atoms with Gasteiger partial charge in [0, 0.05) is 23.7 Å². The molecule has 1 fully saturated rings. The Bertz CT molecular complexity index is 706. The van der Waals surface area contributed by atoms with Crippen molar-refractivity contribution < 1.29 is 18.7 Å². The van der Waals surface area contributed by atoms with Crippen molar-refractivity contribution in [2.45, 2.75) is 19.4 Å². The van der Waals surface area contributed by atoms with Crippen LogP contribution in [-0.2, 0) is 16.1 Å². The molecule has 0 spiro atoms. The number of carbonyl (C=O) groups excluding carboxylic acids is 2. The normalized spacial score (nSPS) is 15.3. The van der Waals surface area contributed by atoms with E-state index < -0.39 is 0 Å². The molecule has 0 aliphatic carbocycles.